The lowest BCUT2D eigenvalue weighted by Gasteiger charge is -2.14. The summed E-state index contributed by atoms with van der Waals surface area (Å²) in [5, 5.41) is 0. The number of nitrogens with one attached hydrogen (secondary N) is 1. The molecule has 0 aromatic heterocycles. The minimum absolute atomic E-state index is 0.153. The summed E-state index contributed by atoms with van der Waals surface area (Å²) in [4.78, 5) is 1.83. The first-order chi connectivity index (χ1) is 9.18. The summed E-state index contributed by atoms with van der Waals surface area (Å²) < 4.78 is 63.8. The van der Waals surface area contributed by atoms with Gasteiger partial charge in [-0.1, -0.05) is 0 Å². The predicted molar refractivity (Wildman–Crippen MR) is 67.7 cm³/mol. The van der Waals surface area contributed by atoms with Gasteiger partial charge in [0.1, 0.15) is 0 Å². The molecule has 0 bridgehead atoms. The molecular weight excluding hydrogens is 293 g/mol. The van der Waals surface area contributed by atoms with Crippen molar-refractivity contribution in [2.24, 2.45) is 0 Å². The highest BCUT2D eigenvalue weighted by atomic mass is 32.2. The molecule has 1 aromatic rings. The molecule has 112 valence electrons. The highest BCUT2D eigenvalue weighted by molar-refractivity contribution is 7.89. The molecule has 8 heteroatoms. The Bertz CT molecular complexity index is 569. The van der Waals surface area contributed by atoms with Crippen LogP contribution in [-0.4, -0.2) is 39.5 Å². The summed E-state index contributed by atoms with van der Waals surface area (Å²) in [7, 11) is -1.89. The van der Waals surface area contributed by atoms with Gasteiger partial charge in [0.25, 0.3) is 0 Å². The van der Waals surface area contributed by atoms with E-state index in [0.717, 1.165) is 30.8 Å². The third kappa shape index (κ3) is 3.50. The SMILES string of the molecule is CN1CC[C@@H](NS(=O)(=O)c2ccc(C(F)(F)F)cc2)C1. The smallest absolute Gasteiger partial charge is 0.305 e. The van der Waals surface area contributed by atoms with Crippen molar-refractivity contribution >= 4 is 10.0 Å². The van der Waals surface area contributed by atoms with Crippen molar-refractivity contribution in [2.75, 3.05) is 20.1 Å². The van der Waals surface area contributed by atoms with Crippen LogP contribution < -0.4 is 4.72 Å². The van der Waals surface area contributed by atoms with Gasteiger partial charge in [-0.25, -0.2) is 13.1 Å². The van der Waals surface area contributed by atoms with E-state index < -0.39 is 21.8 Å². The van der Waals surface area contributed by atoms with Gasteiger partial charge in [-0.15, -0.1) is 0 Å². The summed E-state index contributed by atoms with van der Waals surface area (Å²) in [6, 6.07) is 3.30. The molecule has 1 aliphatic rings. The van der Waals surface area contributed by atoms with Crippen LogP contribution in [0.25, 0.3) is 0 Å². The molecule has 1 atom stereocenters. The van der Waals surface area contributed by atoms with Crippen LogP contribution in [0.5, 0.6) is 0 Å². The molecule has 1 saturated heterocycles. The van der Waals surface area contributed by atoms with Crippen molar-refractivity contribution in [3.05, 3.63) is 29.8 Å². The molecule has 0 aliphatic carbocycles. The Kier molecular flexibility index (Phi) is 4.08. The van der Waals surface area contributed by atoms with Gasteiger partial charge in [0.2, 0.25) is 10.0 Å². The number of likely N-dealkylation sites (tertiary alicyclic amines) is 1. The lowest BCUT2D eigenvalue weighted by atomic mass is 10.2. The molecule has 20 heavy (non-hydrogen) atoms. The third-order valence-electron chi connectivity index (χ3n) is 3.21. The summed E-state index contributed by atoms with van der Waals surface area (Å²) >= 11 is 0. The second-order valence-corrected chi connectivity index (χ2v) is 6.61. The first kappa shape index (κ1) is 15.3. The summed E-state index contributed by atoms with van der Waals surface area (Å²) in [5.74, 6) is 0. The molecule has 1 aliphatic heterocycles. The van der Waals surface area contributed by atoms with Crippen LogP contribution in [0.15, 0.2) is 29.2 Å². The van der Waals surface area contributed by atoms with E-state index in [9.17, 15) is 21.6 Å². The highest BCUT2D eigenvalue weighted by Crippen LogP contribution is 2.29. The van der Waals surface area contributed by atoms with Gasteiger partial charge in [0.05, 0.1) is 10.5 Å². The van der Waals surface area contributed by atoms with Crippen molar-refractivity contribution in [2.45, 2.75) is 23.5 Å². The first-order valence-corrected chi connectivity index (χ1v) is 7.55. The van der Waals surface area contributed by atoms with Crippen molar-refractivity contribution in [3.8, 4) is 0 Å². The van der Waals surface area contributed by atoms with Crippen LogP contribution in [0, 0.1) is 0 Å². The molecule has 1 heterocycles. The van der Waals surface area contributed by atoms with E-state index in [2.05, 4.69) is 4.72 Å². The van der Waals surface area contributed by atoms with E-state index in [1.54, 1.807) is 0 Å². The lowest BCUT2D eigenvalue weighted by Crippen LogP contribution is -2.36. The Morgan fingerprint density at radius 1 is 1.25 bits per heavy atom. The van der Waals surface area contributed by atoms with Gasteiger partial charge in [0.15, 0.2) is 0 Å². The quantitative estimate of drug-likeness (QED) is 0.924. The molecule has 0 spiro atoms. The zero-order valence-corrected chi connectivity index (χ0v) is 11.6. The van der Waals surface area contributed by atoms with Gasteiger partial charge >= 0.3 is 6.18 Å². The summed E-state index contributed by atoms with van der Waals surface area (Å²) in [6.45, 7) is 1.39. The van der Waals surface area contributed by atoms with Crippen LogP contribution in [0.2, 0.25) is 0 Å². The third-order valence-corrected chi connectivity index (χ3v) is 4.74. The Balaban J connectivity index is 2.13. The largest absolute Gasteiger partial charge is 0.416 e. The van der Waals surface area contributed by atoms with Gasteiger partial charge in [0, 0.05) is 12.6 Å². The van der Waals surface area contributed by atoms with Crippen molar-refractivity contribution in [1.82, 2.24) is 9.62 Å². The normalized spacial score (nSPS) is 21.3. The van der Waals surface area contributed by atoms with Gasteiger partial charge in [-0.05, 0) is 44.3 Å². The molecule has 4 nitrogen and oxygen atoms in total. The van der Waals surface area contributed by atoms with Crippen LogP contribution in [-0.2, 0) is 16.2 Å². The number of nitrogens with zero attached hydrogens (tertiary/aromatic N) is 1. The lowest BCUT2D eigenvalue weighted by molar-refractivity contribution is -0.137. The first-order valence-electron chi connectivity index (χ1n) is 6.06. The molecule has 0 amide bonds. The second-order valence-electron chi connectivity index (χ2n) is 4.89. The maximum Gasteiger partial charge on any atom is 0.416 e. The standard InChI is InChI=1S/C12H15F3N2O2S/c1-17-7-6-10(8-17)16-20(18,19)11-4-2-9(3-5-11)12(13,14)15/h2-5,10,16H,6-8H2,1H3/t10-/m1/s1. The fourth-order valence-corrected chi connectivity index (χ4v) is 3.40. The average Bonchev–Trinajstić information content (AvgIpc) is 2.73. The predicted octanol–water partition coefficient (Wildman–Crippen LogP) is 1.69. The number of likely N-dealkylation sites (N-methyl/N-ethyl adjacent to an activating group) is 1. The summed E-state index contributed by atoms with van der Waals surface area (Å²) in [6.07, 6.45) is -3.78. The zero-order chi connectivity index (χ0) is 15.0. The number of alkyl halides is 3. The van der Waals surface area contributed by atoms with Gasteiger partial charge in [-0.3, -0.25) is 0 Å². The number of hydrogen-bond donors (Lipinski definition) is 1. The fraction of sp³-hybridized carbons (Fsp3) is 0.500. The number of rotatable bonds is 3. The Morgan fingerprint density at radius 2 is 1.85 bits per heavy atom. The van der Waals surface area contributed by atoms with Crippen LogP contribution in [0.4, 0.5) is 13.2 Å². The van der Waals surface area contributed by atoms with Gasteiger partial charge in [-0.2, -0.15) is 13.2 Å². The number of sulfonamides is 1. The molecule has 1 aromatic carbocycles. The maximum atomic E-state index is 12.4. The molecule has 1 N–H and O–H groups in total. The van der Waals surface area contributed by atoms with Crippen LogP contribution >= 0.6 is 0 Å². The molecule has 2 rings (SSSR count). The fourth-order valence-electron chi connectivity index (χ4n) is 2.14. The highest BCUT2D eigenvalue weighted by Gasteiger charge is 2.31. The minimum Gasteiger partial charge on any atom is -0.305 e. The Hall–Kier alpha value is -1.12. The van der Waals surface area contributed by atoms with Crippen LogP contribution in [0.1, 0.15) is 12.0 Å². The van der Waals surface area contributed by atoms with E-state index in [1.165, 1.54) is 0 Å². The van der Waals surface area contributed by atoms with Crippen LogP contribution in [0.3, 0.4) is 0 Å². The Morgan fingerprint density at radius 3 is 2.30 bits per heavy atom. The number of benzene rings is 1. The van der Waals surface area contributed by atoms with E-state index in [0.29, 0.717) is 13.0 Å². The second kappa shape index (κ2) is 5.34. The summed E-state index contributed by atoms with van der Waals surface area (Å²) in [5.41, 5.74) is -0.864. The van der Waals surface area contributed by atoms with E-state index >= 15 is 0 Å². The van der Waals surface area contributed by atoms with Gasteiger partial charge < -0.3 is 4.90 Å². The molecule has 0 unspecified atom stereocenters. The maximum absolute atomic E-state index is 12.4. The number of hydrogen-bond acceptors (Lipinski definition) is 3. The monoisotopic (exact) mass is 308 g/mol. The molecule has 1 fully saturated rings. The minimum atomic E-state index is -4.47. The van der Waals surface area contributed by atoms with E-state index in [-0.39, 0.29) is 10.9 Å². The Labute approximate surface area is 115 Å². The average molecular weight is 308 g/mol. The van der Waals surface area contributed by atoms with Crippen molar-refractivity contribution in [1.29, 1.82) is 0 Å². The molecule has 0 saturated carbocycles. The zero-order valence-electron chi connectivity index (χ0n) is 10.8. The van der Waals surface area contributed by atoms with Crippen molar-refractivity contribution in [3.63, 3.8) is 0 Å². The molecule has 0 radical (unpaired) electrons. The molecular formula is C12H15F3N2O2S. The number of halogens is 3. The van der Waals surface area contributed by atoms with Crippen molar-refractivity contribution < 1.29 is 21.6 Å². The van der Waals surface area contributed by atoms with E-state index in [1.807, 2.05) is 11.9 Å². The van der Waals surface area contributed by atoms with E-state index in [4.69, 9.17) is 0 Å². The topological polar surface area (TPSA) is 49.4 Å².